The highest BCUT2D eigenvalue weighted by atomic mass is 16.5. The number of hydrogen-bond acceptors (Lipinski definition) is 3. The van der Waals surface area contributed by atoms with Crippen LogP contribution in [0.4, 0.5) is 0 Å². The van der Waals surface area contributed by atoms with Crippen LogP contribution in [0.5, 0.6) is 5.75 Å². The summed E-state index contributed by atoms with van der Waals surface area (Å²) in [5.74, 6) is 1.68. The number of rotatable bonds is 8. The first-order valence-electron chi connectivity index (χ1n) is 7.18. The second-order valence-electron chi connectivity index (χ2n) is 5.60. The van der Waals surface area contributed by atoms with Crippen LogP contribution in [0.1, 0.15) is 38.4 Å². The molecular weight excluding hydrogens is 238 g/mol. The van der Waals surface area contributed by atoms with Gasteiger partial charge in [-0.05, 0) is 36.5 Å². The fraction of sp³-hybridized carbons (Fsp3) is 0.625. The van der Waals surface area contributed by atoms with Crippen molar-refractivity contribution in [3.63, 3.8) is 0 Å². The molecule has 2 rings (SSSR count). The minimum Gasteiger partial charge on any atom is -0.497 e. The van der Waals surface area contributed by atoms with Crippen LogP contribution in [-0.2, 0) is 4.74 Å². The average molecular weight is 263 g/mol. The van der Waals surface area contributed by atoms with Crippen molar-refractivity contribution in [2.24, 2.45) is 5.92 Å². The van der Waals surface area contributed by atoms with Crippen molar-refractivity contribution in [3.8, 4) is 5.75 Å². The maximum atomic E-state index is 6.08. The van der Waals surface area contributed by atoms with Gasteiger partial charge in [0.05, 0.1) is 19.8 Å². The lowest BCUT2D eigenvalue weighted by molar-refractivity contribution is 0.0439. The molecule has 0 radical (unpaired) electrons. The predicted molar refractivity (Wildman–Crippen MR) is 77.5 cm³/mol. The molecule has 1 N–H and O–H groups in total. The lowest BCUT2D eigenvalue weighted by Gasteiger charge is -2.21. The lowest BCUT2D eigenvalue weighted by Crippen LogP contribution is -2.29. The zero-order chi connectivity index (χ0) is 13.7. The Morgan fingerprint density at radius 2 is 2.11 bits per heavy atom. The highest BCUT2D eigenvalue weighted by molar-refractivity contribution is 5.30. The van der Waals surface area contributed by atoms with Gasteiger partial charge in [0.15, 0.2) is 0 Å². The first-order valence-corrected chi connectivity index (χ1v) is 7.18. The van der Waals surface area contributed by atoms with E-state index in [2.05, 4.69) is 31.3 Å². The van der Waals surface area contributed by atoms with Gasteiger partial charge in [-0.15, -0.1) is 0 Å². The third kappa shape index (κ3) is 4.84. The molecule has 1 unspecified atom stereocenters. The molecule has 1 atom stereocenters. The van der Waals surface area contributed by atoms with Gasteiger partial charge in [0.1, 0.15) is 5.75 Å². The maximum Gasteiger partial charge on any atom is 0.119 e. The van der Waals surface area contributed by atoms with Crippen LogP contribution in [0.15, 0.2) is 24.3 Å². The maximum absolute atomic E-state index is 6.08. The Morgan fingerprint density at radius 3 is 2.74 bits per heavy atom. The van der Waals surface area contributed by atoms with E-state index < -0.39 is 0 Å². The molecular formula is C16H25NO2. The Balaban J connectivity index is 1.99. The number of ether oxygens (including phenoxy) is 2. The van der Waals surface area contributed by atoms with Gasteiger partial charge < -0.3 is 14.8 Å². The van der Waals surface area contributed by atoms with Gasteiger partial charge in [-0.3, -0.25) is 0 Å². The summed E-state index contributed by atoms with van der Waals surface area (Å²) >= 11 is 0. The van der Waals surface area contributed by atoms with Gasteiger partial charge >= 0.3 is 0 Å². The summed E-state index contributed by atoms with van der Waals surface area (Å²) in [5, 5.41) is 3.46. The fourth-order valence-electron chi connectivity index (χ4n) is 1.99. The Labute approximate surface area is 116 Å². The molecule has 0 heterocycles. The summed E-state index contributed by atoms with van der Waals surface area (Å²) in [4.78, 5) is 0. The highest BCUT2D eigenvalue weighted by Gasteiger charge is 2.24. The summed E-state index contributed by atoms with van der Waals surface area (Å²) in [6.45, 7) is 6.03. The topological polar surface area (TPSA) is 30.5 Å². The summed E-state index contributed by atoms with van der Waals surface area (Å²) in [5.41, 5.74) is 1.19. The highest BCUT2D eigenvalue weighted by Crippen LogP contribution is 2.31. The smallest absolute Gasteiger partial charge is 0.119 e. The quantitative estimate of drug-likeness (QED) is 0.781. The third-order valence-corrected chi connectivity index (χ3v) is 3.41. The van der Waals surface area contributed by atoms with Crippen molar-refractivity contribution in [1.82, 2.24) is 5.32 Å². The lowest BCUT2D eigenvalue weighted by atomic mass is 10.1. The molecule has 106 valence electrons. The van der Waals surface area contributed by atoms with Gasteiger partial charge in [-0.25, -0.2) is 0 Å². The average Bonchev–Trinajstić information content (AvgIpc) is 3.22. The van der Waals surface area contributed by atoms with E-state index in [1.165, 1.54) is 18.4 Å². The second-order valence-corrected chi connectivity index (χ2v) is 5.60. The Kier molecular flexibility index (Phi) is 5.23. The van der Waals surface area contributed by atoms with Gasteiger partial charge in [0.2, 0.25) is 0 Å². The molecule has 0 bridgehead atoms. The SMILES string of the molecule is COc1cccc(C(CNC(C)C)OCC2CC2)c1. The number of methoxy groups -OCH3 is 1. The molecule has 0 amide bonds. The minimum atomic E-state index is 0.109. The van der Waals surface area contributed by atoms with E-state index in [1.807, 2.05) is 12.1 Å². The van der Waals surface area contributed by atoms with Crippen molar-refractivity contribution in [2.45, 2.75) is 38.8 Å². The Morgan fingerprint density at radius 1 is 1.32 bits per heavy atom. The van der Waals surface area contributed by atoms with E-state index in [4.69, 9.17) is 9.47 Å². The van der Waals surface area contributed by atoms with E-state index in [9.17, 15) is 0 Å². The first kappa shape index (κ1) is 14.4. The third-order valence-electron chi connectivity index (χ3n) is 3.41. The number of nitrogens with one attached hydrogen (secondary N) is 1. The van der Waals surface area contributed by atoms with Crippen molar-refractivity contribution in [1.29, 1.82) is 0 Å². The normalized spacial score (nSPS) is 16.6. The zero-order valence-electron chi connectivity index (χ0n) is 12.2. The molecule has 1 saturated carbocycles. The van der Waals surface area contributed by atoms with Crippen LogP contribution < -0.4 is 10.1 Å². The van der Waals surface area contributed by atoms with Crippen molar-refractivity contribution in [3.05, 3.63) is 29.8 Å². The van der Waals surface area contributed by atoms with Crippen LogP contribution in [0.25, 0.3) is 0 Å². The van der Waals surface area contributed by atoms with Crippen molar-refractivity contribution in [2.75, 3.05) is 20.3 Å². The fourth-order valence-corrected chi connectivity index (χ4v) is 1.99. The summed E-state index contributed by atoms with van der Waals surface area (Å²) in [6, 6.07) is 8.65. The first-order chi connectivity index (χ1) is 9.19. The number of benzene rings is 1. The van der Waals surface area contributed by atoms with Gasteiger partial charge in [0, 0.05) is 12.6 Å². The molecule has 1 aromatic carbocycles. The van der Waals surface area contributed by atoms with E-state index in [1.54, 1.807) is 7.11 Å². The molecule has 0 saturated heterocycles. The number of hydrogen-bond donors (Lipinski definition) is 1. The molecule has 0 aromatic heterocycles. The molecule has 19 heavy (non-hydrogen) atoms. The predicted octanol–water partition coefficient (Wildman–Crippen LogP) is 3.16. The minimum absolute atomic E-state index is 0.109. The van der Waals surface area contributed by atoms with Crippen LogP contribution >= 0.6 is 0 Å². The summed E-state index contributed by atoms with van der Waals surface area (Å²) in [7, 11) is 1.70. The molecule has 1 fully saturated rings. The molecule has 0 aliphatic heterocycles. The summed E-state index contributed by atoms with van der Waals surface area (Å²) in [6.07, 6.45) is 2.75. The molecule has 0 spiro atoms. The standard InChI is InChI=1S/C16H25NO2/c1-12(2)17-10-16(19-11-13-7-8-13)14-5-4-6-15(9-14)18-3/h4-6,9,12-13,16-17H,7-8,10-11H2,1-3H3. The van der Waals surface area contributed by atoms with Crippen LogP contribution in [-0.4, -0.2) is 26.3 Å². The van der Waals surface area contributed by atoms with Crippen LogP contribution in [0, 0.1) is 5.92 Å². The molecule has 1 aliphatic rings. The molecule has 1 aliphatic carbocycles. The Bertz CT molecular complexity index is 382. The van der Waals surface area contributed by atoms with Crippen molar-refractivity contribution < 1.29 is 9.47 Å². The molecule has 1 aromatic rings. The van der Waals surface area contributed by atoms with Crippen LogP contribution in [0.3, 0.4) is 0 Å². The van der Waals surface area contributed by atoms with E-state index in [0.29, 0.717) is 6.04 Å². The molecule has 3 heteroatoms. The van der Waals surface area contributed by atoms with Gasteiger partial charge in [-0.2, -0.15) is 0 Å². The van der Waals surface area contributed by atoms with Crippen molar-refractivity contribution >= 4 is 0 Å². The molecule has 3 nitrogen and oxygen atoms in total. The van der Waals surface area contributed by atoms with Gasteiger partial charge in [-0.1, -0.05) is 26.0 Å². The zero-order valence-corrected chi connectivity index (χ0v) is 12.2. The monoisotopic (exact) mass is 263 g/mol. The van der Waals surface area contributed by atoms with E-state index >= 15 is 0 Å². The van der Waals surface area contributed by atoms with E-state index in [-0.39, 0.29) is 6.10 Å². The van der Waals surface area contributed by atoms with Crippen LogP contribution in [0.2, 0.25) is 0 Å². The summed E-state index contributed by atoms with van der Waals surface area (Å²) < 4.78 is 11.4. The van der Waals surface area contributed by atoms with Gasteiger partial charge in [0.25, 0.3) is 0 Å². The second kappa shape index (κ2) is 6.92. The Hall–Kier alpha value is -1.06. The largest absolute Gasteiger partial charge is 0.497 e. The van der Waals surface area contributed by atoms with E-state index in [0.717, 1.165) is 24.8 Å².